The van der Waals surface area contributed by atoms with Crippen LogP contribution >= 0.6 is 21.6 Å². The van der Waals surface area contributed by atoms with Crippen LogP contribution in [0.25, 0.3) is 0 Å². The molecular formula is C34H42N8O9S2. The first kappa shape index (κ1) is 42.1. The number of phenols is 1. The molecule has 4 atom stereocenters. The van der Waals surface area contributed by atoms with E-state index in [1.54, 1.807) is 12.1 Å². The normalized spacial score (nSPS) is 13.2. The molecule has 0 aliphatic heterocycles. The first-order valence-electron chi connectivity index (χ1n) is 16.5. The van der Waals surface area contributed by atoms with Crippen molar-refractivity contribution in [2.45, 2.75) is 69.2 Å². The van der Waals surface area contributed by atoms with Crippen LogP contribution in [0.3, 0.4) is 0 Å². The number of phenolic OH excluding ortho intramolecular Hbond substituents is 1. The highest BCUT2D eigenvalue weighted by Crippen LogP contribution is 2.36. The van der Waals surface area contributed by atoms with Crippen molar-refractivity contribution >= 4 is 56.6 Å². The highest BCUT2D eigenvalue weighted by molar-refractivity contribution is 8.76. The summed E-state index contributed by atoms with van der Waals surface area (Å²) in [6.07, 6.45) is 2.11. The van der Waals surface area contributed by atoms with Crippen molar-refractivity contribution in [2.24, 2.45) is 11.7 Å². The van der Waals surface area contributed by atoms with Crippen LogP contribution in [0.5, 0.6) is 5.75 Å². The minimum atomic E-state index is -1.15. The fourth-order valence-corrected chi connectivity index (χ4v) is 7.24. The van der Waals surface area contributed by atoms with Gasteiger partial charge in [0.1, 0.15) is 17.8 Å². The third-order valence-electron chi connectivity index (χ3n) is 7.60. The Morgan fingerprint density at radius 1 is 0.849 bits per heavy atom. The summed E-state index contributed by atoms with van der Waals surface area (Å²) in [5.74, 6) is -1.98. The third-order valence-corrected chi connectivity index (χ3v) is 9.96. The fourth-order valence-electron chi connectivity index (χ4n) is 4.93. The smallest absolute Gasteiger partial charge is 0.302 e. The van der Waals surface area contributed by atoms with E-state index in [-0.39, 0.29) is 40.9 Å². The molecule has 53 heavy (non-hydrogen) atoms. The molecule has 3 rings (SSSR count). The van der Waals surface area contributed by atoms with Crippen LogP contribution < -0.4 is 27.0 Å². The van der Waals surface area contributed by atoms with Crippen molar-refractivity contribution in [3.05, 3.63) is 98.2 Å². The quantitative estimate of drug-likeness (QED) is 0.0549. The van der Waals surface area contributed by atoms with E-state index in [9.17, 15) is 44.5 Å². The predicted molar refractivity (Wildman–Crippen MR) is 200 cm³/mol. The van der Waals surface area contributed by atoms with Gasteiger partial charge in [-0.1, -0.05) is 48.9 Å². The largest absolute Gasteiger partial charge is 0.508 e. The zero-order valence-corrected chi connectivity index (χ0v) is 30.9. The van der Waals surface area contributed by atoms with Gasteiger partial charge in [-0.05, 0) is 65.8 Å². The maximum absolute atomic E-state index is 13.7. The molecule has 0 aliphatic carbocycles. The summed E-state index contributed by atoms with van der Waals surface area (Å²) in [6, 6.07) is 10.9. The van der Waals surface area contributed by atoms with Gasteiger partial charge in [0.15, 0.2) is 5.03 Å². The second-order valence-corrected chi connectivity index (χ2v) is 14.8. The fraction of sp³-hybridized carbons (Fsp3) is 0.382. The summed E-state index contributed by atoms with van der Waals surface area (Å²) in [7, 11) is 2.38. The van der Waals surface area contributed by atoms with E-state index in [0.717, 1.165) is 10.8 Å². The summed E-state index contributed by atoms with van der Waals surface area (Å²) in [5, 5.41) is 42.7. The topological polar surface area (TPSA) is 262 Å². The molecule has 2 aromatic carbocycles. The number of rotatable bonds is 20. The van der Waals surface area contributed by atoms with Crippen molar-refractivity contribution in [2.75, 3.05) is 12.3 Å². The van der Waals surface area contributed by atoms with Gasteiger partial charge in [0.2, 0.25) is 23.6 Å². The van der Waals surface area contributed by atoms with Gasteiger partial charge in [-0.2, -0.15) is 0 Å². The number of pyridine rings is 1. The Hall–Kier alpha value is -5.27. The van der Waals surface area contributed by atoms with Gasteiger partial charge in [-0.3, -0.25) is 39.4 Å². The van der Waals surface area contributed by atoms with Gasteiger partial charge in [0.25, 0.3) is 5.69 Å². The van der Waals surface area contributed by atoms with Gasteiger partial charge in [-0.25, -0.2) is 4.98 Å². The van der Waals surface area contributed by atoms with Crippen molar-refractivity contribution in [1.82, 2.24) is 26.3 Å². The van der Waals surface area contributed by atoms with Crippen LogP contribution in [-0.4, -0.2) is 80.0 Å². The van der Waals surface area contributed by atoms with Gasteiger partial charge >= 0.3 is 5.69 Å². The van der Waals surface area contributed by atoms with Crippen molar-refractivity contribution in [3.8, 4) is 5.75 Å². The van der Waals surface area contributed by atoms with Crippen LogP contribution in [0, 0.1) is 26.1 Å². The van der Waals surface area contributed by atoms with E-state index in [1.807, 2.05) is 13.8 Å². The Morgan fingerprint density at radius 3 is 2.11 bits per heavy atom. The molecule has 0 spiro atoms. The maximum Gasteiger partial charge on any atom is 0.302 e. The molecule has 1 heterocycles. The molecular weight excluding hydrogens is 729 g/mol. The minimum Gasteiger partial charge on any atom is -0.508 e. The summed E-state index contributed by atoms with van der Waals surface area (Å²) >= 11 is 0. The van der Waals surface area contributed by atoms with Gasteiger partial charge in [0.05, 0.1) is 22.4 Å². The van der Waals surface area contributed by atoms with Crippen molar-refractivity contribution in [1.29, 1.82) is 0 Å². The Bertz CT molecular complexity index is 1750. The monoisotopic (exact) mass is 770 g/mol. The first-order chi connectivity index (χ1) is 25.1. The lowest BCUT2D eigenvalue weighted by molar-refractivity contribution is -0.388. The van der Waals surface area contributed by atoms with Crippen LogP contribution in [0.4, 0.5) is 11.4 Å². The molecule has 1 aromatic heterocycles. The second-order valence-electron chi connectivity index (χ2n) is 12.5. The maximum atomic E-state index is 13.7. The van der Waals surface area contributed by atoms with Crippen molar-refractivity contribution < 1.29 is 34.1 Å². The summed E-state index contributed by atoms with van der Waals surface area (Å²) in [6.45, 7) is 4.81. The molecule has 0 unspecified atom stereocenters. The second kappa shape index (κ2) is 20.7. The predicted octanol–water partition coefficient (Wildman–Crippen LogP) is 2.79. The van der Waals surface area contributed by atoms with Gasteiger partial charge < -0.3 is 32.1 Å². The zero-order chi connectivity index (χ0) is 39.1. The molecule has 0 saturated carbocycles. The number of amides is 4. The summed E-state index contributed by atoms with van der Waals surface area (Å²) < 4.78 is 0. The molecule has 4 amide bonds. The number of nitrogens with zero attached hydrogens (tertiary/aromatic N) is 3. The molecule has 284 valence electrons. The number of benzene rings is 2. The number of hydrogen-bond donors (Lipinski definition) is 6. The molecule has 0 saturated heterocycles. The minimum absolute atomic E-state index is 0.0364. The molecule has 0 radical (unpaired) electrons. The van der Waals surface area contributed by atoms with Gasteiger partial charge in [0, 0.05) is 42.6 Å². The van der Waals surface area contributed by atoms with Crippen LogP contribution in [0.15, 0.2) is 71.9 Å². The first-order valence-corrected chi connectivity index (χ1v) is 18.8. The Kier molecular flexibility index (Phi) is 16.5. The lowest BCUT2D eigenvalue weighted by Crippen LogP contribution is -2.54. The summed E-state index contributed by atoms with van der Waals surface area (Å²) in [5.41, 5.74) is 6.92. The molecule has 19 heteroatoms. The average Bonchev–Trinajstić information content (AvgIpc) is 3.11. The number of hydrogen-bond acceptors (Lipinski definition) is 13. The zero-order valence-electron chi connectivity index (χ0n) is 29.2. The van der Waals surface area contributed by atoms with Crippen LogP contribution in [0.1, 0.15) is 38.3 Å². The average molecular weight is 771 g/mol. The summed E-state index contributed by atoms with van der Waals surface area (Å²) in [4.78, 5) is 77.7. The van der Waals surface area contributed by atoms with Crippen LogP contribution in [-0.2, 0) is 32.0 Å². The number of nitro benzene ring substituents is 1. The molecule has 0 bridgehead atoms. The Morgan fingerprint density at radius 2 is 1.49 bits per heavy atom. The van der Waals surface area contributed by atoms with E-state index in [2.05, 4.69) is 26.3 Å². The number of carbonyl (C=O) groups is 4. The Labute approximate surface area is 313 Å². The standard InChI is InChI=1S/C34H42N8O9S2/c1-20(2)15-24(19-52-53-34-29(42(50)51)5-4-14-36-34)39-33(47)28(17-23-6-10-25(11-7-23)41(48)49)40-30(44)18-37-31(45)21(3)38-32(46)27(35)16-22-8-12-26(43)13-9-22/h4-14,20-21,24,27-28,43H,15-19,35H2,1-3H3,(H,37,45)(H,38,46)(H,39,47)(H,40,44)/t21-,24+,27+,28+/m1/s1. The van der Waals surface area contributed by atoms with E-state index in [4.69, 9.17) is 5.73 Å². The number of nitrogens with one attached hydrogen (secondary N) is 4. The molecule has 0 aliphatic rings. The number of aromatic hydroxyl groups is 1. The number of non-ortho nitro benzene ring substituents is 1. The third kappa shape index (κ3) is 14.3. The number of nitrogens with two attached hydrogens (primary N) is 1. The van der Waals surface area contributed by atoms with Crippen LogP contribution in [0.2, 0.25) is 0 Å². The number of nitro groups is 2. The molecule has 17 nitrogen and oxygen atoms in total. The van der Waals surface area contributed by atoms with Gasteiger partial charge in [-0.15, -0.1) is 0 Å². The lowest BCUT2D eigenvalue weighted by atomic mass is 10.0. The van der Waals surface area contributed by atoms with E-state index >= 15 is 0 Å². The highest BCUT2D eigenvalue weighted by Gasteiger charge is 2.26. The number of aromatic nitrogens is 1. The van der Waals surface area contributed by atoms with E-state index < -0.39 is 64.2 Å². The lowest BCUT2D eigenvalue weighted by Gasteiger charge is -2.25. The number of carbonyl (C=O) groups excluding carboxylic acids is 4. The Balaban J connectivity index is 1.64. The molecule has 3 aromatic rings. The highest BCUT2D eigenvalue weighted by atomic mass is 33.1. The molecule has 7 N–H and O–H groups in total. The SMILES string of the molecule is CC(C)C[C@@H](CSSc1ncccc1[N+](=O)[O-])NC(=O)[C@H](Cc1ccc([N+](=O)[O-])cc1)NC(=O)CNC(=O)[C@@H](C)NC(=O)[C@@H](N)Cc1ccc(O)cc1. The molecule has 0 fully saturated rings. The van der Waals surface area contributed by atoms with E-state index in [0.29, 0.717) is 23.3 Å². The van der Waals surface area contributed by atoms with E-state index in [1.165, 1.54) is 72.4 Å². The van der Waals surface area contributed by atoms with Crippen molar-refractivity contribution in [3.63, 3.8) is 0 Å².